The van der Waals surface area contributed by atoms with Crippen LogP contribution in [0.5, 0.6) is 0 Å². The van der Waals surface area contributed by atoms with E-state index in [1.807, 2.05) is 0 Å². The molecule has 1 aromatic rings. The van der Waals surface area contributed by atoms with Gasteiger partial charge < -0.3 is 11.5 Å². The summed E-state index contributed by atoms with van der Waals surface area (Å²) < 4.78 is 30.4. The average molecular weight is 202 g/mol. The van der Waals surface area contributed by atoms with E-state index in [1.165, 1.54) is 19.1 Å². The van der Waals surface area contributed by atoms with E-state index in [-0.39, 0.29) is 16.3 Å². The molecule has 0 aliphatic rings. The van der Waals surface area contributed by atoms with E-state index in [1.54, 1.807) is 0 Å². The topological polar surface area (TPSA) is 106 Å². The van der Waals surface area contributed by atoms with Gasteiger partial charge in [-0.1, -0.05) is 0 Å². The summed E-state index contributed by atoms with van der Waals surface area (Å²) in [5, 5.41) is 0. The molecule has 5 N–H and O–H groups in total. The maximum absolute atomic E-state index is 10.8. The second-order valence-electron chi connectivity index (χ2n) is 2.71. The lowest BCUT2D eigenvalue weighted by Gasteiger charge is -2.06. The first-order chi connectivity index (χ1) is 5.82. The maximum atomic E-state index is 10.8. The molecule has 0 unspecified atom stereocenters. The molecule has 5 nitrogen and oxygen atoms in total. The van der Waals surface area contributed by atoms with Crippen molar-refractivity contribution >= 4 is 21.5 Å². The molecular formula is C7H10N2O3S. The molecule has 0 amide bonds. The zero-order chi connectivity index (χ0) is 10.2. The quantitative estimate of drug-likeness (QED) is 0.451. The molecule has 0 heterocycles. The van der Waals surface area contributed by atoms with Gasteiger partial charge >= 0.3 is 0 Å². The Morgan fingerprint density at radius 1 is 1.31 bits per heavy atom. The third-order valence-corrected chi connectivity index (χ3v) is 2.68. The molecule has 0 saturated heterocycles. The van der Waals surface area contributed by atoms with E-state index in [4.69, 9.17) is 16.0 Å². The first-order valence-electron chi connectivity index (χ1n) is 3.45. The van der Waals surface area contributed by atoms with Crippen LogP contribution in [0, 0.1) is 6.92 Å². The van der Waals surface area contributed by atoms with Gasteiger partial charge in [0, 0.05) is 11.4 Å². The highest BCUT2D eigenvalue weighted by Crippen LogP contribution is 2.23. The summed E-state index contributed by atoms with van der Waals surface area (Å²) in [6, 6.07) is 2.60. The lowest BCUT2D eigenvalue weighted by molar-refractivity contribution is 0.482. The second-order valence-corrected chi connectivity index (χ2v) is 4.10. The van der Waals surface area contributed by atoms with E-state index >= 15 is 0 Å². The summed E-state index contributed by atoms with van der Waals surface area (Å²) in [7, 11) is -4.24. The van der Waals surface area contributed by atoms with Crippen LogP contribution in [-0.2, 0) is 10.1 Å². The third kappa shape index (κ3) is 1.90. The van der Waals surface area contributed by atoms with Gasteiger partial charge in [0.05, 0.1) is 0 Å². The molecule has 0 atom stereocenters. The molecule has 1 rings (SSSR count). The summed E-state index contributed by atoms with van der Waals surface area (Å²) in [6.07, 6.45) is 0. The SMILES string of the molecule is Cc1c(N)cc(N)cc1S(=O)(=O)O. The summed E-state index contributed by atoms with van der Waals surface area (Å²) in [6.45, 7) is 1.50. The lowest BCUT2D eigenvalue weighted by Crippen LogP contribution is -2.05. The van der Waals surface area contributed by atoms with Crippen LogP contribution in [0.25, 0.3) is 0 Å². The smallest absolute Gasteiger partial charge is 0.294 e. The van der Waals surface area contributed by atoms with Gasteiger partial charge in [0.1, 0.15) is 4.90 Å². The Morgan fingerprint density at radius 2 is 1.85 bits per heavy atom. The van der Waals surface area contributed by atoms with Gasteiger partial charge in [-0.2, -0.15) is 8.42 Å². The van der Waals surface area contributed by atoms with E-state index in [2.05, 4.69) is 0 Å². The molecule has 0 aliphatic carbocycles. The Kier molecular flexibility index (Phi) is 2.19. The molecule has 0 aliphatic heterocycles. The summed E-state index contributed by atoms with van der Waals surface area (Å²) in [4.78, 5) is -0.245. The minimum Gasteiger partial charge on any atom is -0.399 e. The molecule has 6 heteroatoms. The molecule has 0 fully saturated rings. The number of anilines is 2. The third-order valence-electron chi connectivity index (χ3n) is 1.70. The van der Waals surface area contributed by atoms with Crippen LogP contribution < -0.4 is 11.5 Å². The van der Waals surface area contributed by atoms with Crippen molar-refractivity contribution in [3.63, 3.8) is 0 Å². The van der Waals surface area contributed by atoms with Crippen LogP contribution >= 0.6 is 0 Å². The van der Waals surface area contributed by atoms with Crippen molar-refractivity contribution in [3.05, 3.63) is 17.7 Å². The van der Waals surface area contributed by atoms with E-state index in [9.17, 15) is 8.42 Å². The number of benzene rings is 1. The van der Waals surface area contributed by atoms with Gasteiger partial charge in [-0.15, -0.1) is 0 Å². The predicted octanol–water partition coefficient (Wildman–Crippen LogP) is 0.406. The predicted molar refractivity (Wildman–Crippen MR) is 49.8 cm³/mol. The molecule has 13 heavy (non-hydrogen) atoms. The monoisotopic (exact) mass is 202 g/mol. The molecule has 0 aromatic heterocycles. The fraction of sp³-hybridized carbons (Fsp3) is 0.143. The van der Waals surface area contributed by atoms with Crippen LogP contribution in [0.15, 0.2) is 17.0 Å². The van der Waals surface area contributed by atoms with Gasteiger partial charge in [-0.25, -0.2) is 0 Å². The highest BCUT2D eigenvalue weighted by atomic mass is 32.2. The molecule has 0 saturated carbocycles. The van der Waals surface area contributed by atoms with E-state index < -0.39 is 10.1 Å². The Hall–Kier alpha value is -1.27. The standard InChI is InChI=1S/C7H10N2O3S/c1-4-6(9)2-5(8)3-7(4)13(10,11)12/h2-3H,8-9H2,1H3,(H,10,11,12). The molecule has 0 spiro atoms. The zero-order valence-corrected chi connectivity index (χ0v) is 7.80. The normalized spacial score (nSPS) is 11.5. The maximum Gasteiger partial charge on any atom is 0.294 e. The van der Waals surface area contributed by atoms with Gasteiger partial charge in [0.25, 0.3) is 10.1 Å². The van der Waals surface area contributed by atoms with Gasteiger partial charge in [0.15, 0.2) is 0 Å². The van der Waals surface area contributed by atoms with Crippen LogP contribution in [-0.4, -0.2) is 13.0 Å². The Balaban J connectivity index is 3.56. The van der Waals surface area contributed by atoms with Crippen molar-refractivity contribution < 1.29 is 13.0 Å². The Bertz CT molecular complexity index is 439. The summed E-state index contributed by atoms with van der Waals surface area (Å²) in [5.41, 5.74) is 11.6. The van der Waals surface area contributed by atoms with E-state index in [0.29, 0.717) is 5.56 Å². The number of hydrogen-bond donors (Lipinski definition) is 3. The van der Waals surface area contributed by atoms with Crippen LogP contribution in [0.1, 0.15) is 5.56 Å². The molecule has 1 aromatic carbocycles. The van der Waals surface area contributed by atoms with Crippen molar-refractivity contribution in [3.8, 4) is 0 Å². The van der Waals surface area contributed by atoms with Gasteiger partial charge in [-0.3, -0.25) is 4.55 Å². The first kappa shape index (κ1) is 9.82. The minimum atomic E-state index is -4.24. The van der Waals surface area contributed by atoms with Crippen LogP contribution in [0.4, 0.5) is 11.4 Å². The van der Waals surface area contributed by atoms with Crippen LogP contribution in [0.2, 0.25) is 0 Å². The second kappa shape index (κ2) is 2.90. The van der Waals surface area contributed by atoms with E-state index in [0.717, 1.165) is 0 Å². The number of nitrogen functional groups attached to an aromatic ring is 2. The molecular weight excluding hydrogens is 192 g/mol. The fourth-order valence-electron chi connectivity index (χ4n) is 0.999. The highest BCUT2D eigenvalue weighted by Gasteiger charge is 2.15. The Morgan fingerprint density at radius 3 is 2.31 bits per heavy atom. The van der Waals surface area contributed by atoms with Crippen molar-refractivity contribution in [2.45, 2.75) is 11.8 Å². The largest absolute Gasteiger partial charge is 0.399 e. The first-order valence-corrected chi connectivity index (χ1v) is 4.89. The number of rotatable bonds is 1. The zero-order valence-electron chi connectivity index (χ0n) is 6.98. The number of hydrogen-bond acceptors (Lipinski definition) is 4. The molecule has 0 bridgehead atoms. The van der Waals surface area contributed by atoms with Crippen LogP contribution in [0.3, 0.4) is 0 Å². The minimum absolute atomic E-state index is 0.204. The number of nitrogens with two attached hydrogens (primary N) is 2. The average Bonchev–Trinajstić information content (AvgIpc) is 1.94. The summed E-state index contributed by atoms with van der Waals surface area (Å²) >= 11 is 0. The fourth-order valence-corrected chi connectivity index (χ4v) is 1.79. The van der Waals surface area contributed by atoms with Gasteiger partial charge in [-0.05, 0) is 24.6 Å². The van der Waals surface area contributed by atoms with Crippen molar-refractivity contribution in [2.75, 3.05) is 11.5 Å². The molecule has 72 valence electrons. The van der Waals surface area contributed by atoms with Gasteiger partial charge in [0.2, 0.25) is 0 Å². The Labute approximate surface area is 76.1 Å². The van der Waals surface area contributed by atoms with Crippen molar-refractivity contribution in [1.82, 2.24) is 0 Å². The molecule has 0 radical (unpaired) electrons. The highest BCUT2D eigenvalue weighted by molar-refractivity contribution is 7.85. The van der Waals surface area contributed by atoms with Crippen molar-refractivity contribution in [1.29, 1.82) is 0 Å². The lowest BCUT2D eigenvalue weighted by atomic mass is 10.2. The summed E-state index contributed by atoms with van der Waals surface area (Å²) in [5.74, 6) is 0. The van der Waals surface area contributed by atoms with Crippen molar-refractivity contribution in [2.24, 2.45) is 0 Å².